The summed E-state index contributed by atoms with van der Waals surface area (Å²) < 4.78 is 0. The van der Waals surface area contributed by atoms with Crippen molar-refractivity contribution in [2.75, 3.05) is 11.9 Å². The first kappa shape index (κ1) is 13.8. The van der Waals surface area contributed by atoms with Gasteiger partial charge < -0.3 is 10.6 Å². The molecule has 0 aromatic heterocycles. The summed E-state index contributed by atoms with van der Waals surface area (Å²) in [5, 5.41) is 6.42. The maximum absolute atomic E-state index is 12.3. The molecule has 0 aliphatic carbocycles. The lowest BCUT2D eigenvalue weighted by Crippen LogP contribution is -2.32. The molecule has 0 spiro atoms. The molecule has 1 unspecified atom stereocenters. The van der Waals surface area contributed by atoms with Gasteiger partial charge in [-0.15, -0.1) is 0 Å². The highest BCUT2D eigenvalue weighted by Gasteiger charge is 2.21. The predicted molar refractivity (Wildman–Crippen MR) is 85.3 cm³/mol. The van der Waals surface area contributed by atoms with Gasteiger partial charge in [-0.3, -0.25) is 4.79 Å². The van der Waals surface area contributed by atoms with Crippen LogP contribution < -0.4 is 10.6 Å². The summed E-state index contributed by atoms with van der Waals surface area (Å²) in [6.45, 7) is 2.95. The van der Waals surface area contributed by atoms with Gasteiger partial charge in [0, 0.05) is 18.2 Å². The Kier molecular flexibility index (Phi) is 4.02. The molecule has 1 aliphatic heterocycles. The van der Waals surface area contributed by atoms with E-state index in [-0.39, 0.29) is 11.9 Å². The molecular weight excluding hydrogens is 260 g/mol. The van der Waals surface area contributed by atoms with E-state index in [9.17, 15) is 4.79 Å². The highest BCUT2D eigenvalue weighted by molar-refractivity contribution is 5.91. The Labute approximate surface area is 125 Å². The molecule has 0 fully saturated rings. The molecule has 1 heterocycles. The molecule has 2 aromatic rings. The summed E-state index contributed by atoms with van der Waals surface area (Å²) in [7, 11) is 0. The second kappa shape index (κ2) is 6.10. The molecule has 0 saturated heterocycles. The quantitative estimate of drug-likeness (QED) is 0.906. The SMILES string of the molecule is Cc1cccc(NC(=O)CC2NCCc3ccccc32)c1. The smallest absolute Gasteiger partial charge is 0.226 e. The molecule has 2 N–H and O–H groups in total. The average Bonchev–Trinajstić information content (AvgIpc) is 2.47. The van der Waals surface area contributed by atoms with E-state index in [1.807, 2.05) is 37.3 Å². The number of carbonyl (C=O) groups excluding carboxylic acids is 1. The topological polar surface area (TPSA) is 41.1 Å². The molecule has 0 saturated carbocycles. The van der Waals surface area contributed by atoms with Gasteiger partial charge in [0.2, 0.25) is 5.91 Å². The van der Waals surface area contributed by atoms with Gasteiger partial charge in [-0.05, 0) is 48.7 Å². The van der Waals surface area contributed by atoms with Gasteiger partial charge in [-0.2, -0.15) is 0 Å². The van der Waals surface area contributed by atoms with E-state index in [0.29, 0.717) is 6.42 Å². The van der Waals surface area contributed by atoms with Gasteiger partial charge in [0.05, 0.1) is 0 Å². The van der Waals surface area contributed by atoms with Gasteiger partial charge in [0.25, 0.3) is 0 Å². The number of anilines is 1. The van der Waals surface area contributed by atoms with Crippen LogP contribution in [-0.2, 0) is 11.2 Å². The Hall–Kier alpha value is -2.13. The fraction of sp³-hybridized carbons (Fsp3) is 0.278. The monoisotopic (exact) mass is 280 g/mol. The zero-order valence-electron chi connectivity index (χ0n) is 12.2. The van der Waals surface area contributed by atoms with Crippen molar-refractivity contribution < 1.29 is 4.79 Å². The lowest BCUT2D eigenvalue weighted by molar-refractivity contribution is -0.116. The largest absolute Gasteiger partial charge is 0.326 e. The summed E-state index contributed by atoms with van der Waals surface area (Å²) in [6.07, 6.45) is 1.50. The van der Waals surface area contributed by atoms with E-state index in [4.69, 9.17) is 0 Å². The zero-order chi connectivity index (χ0) is 14.7. The summed E-state index contributed by atoms with van der Waals surface area (Å²) >= 11 is 0. The number of hydrogen-bond acceptors (Lipinski definition) is 2. The van der Waals surface area contributed by atoms with Crippen LogP contribution in [0.3, 0.4) is 0 Å². The first-order valence-electron chi connectivity index (χ1n) is 7.40. The predicted octanol–water partition coefficient (Wildman–Crippen LogP) is 3.21. The third-order valence-corrected chi connectivity index (χ3v) is 3.91. The van der Waals surface area contributed by atoms with E-state index in [0.717, 1.165) is 24.2 Å². The van der Waals surface area contributed by atoms with Gasteiger partial charge in [-0.1, -0.05) is 36.4 Å². The summed E-state index contributed by atoms with van der Waals surface area (Å²) in [4.78, 5) is 12.3. The van der Waals surface area contributed by atoms with Crippen LogP contribution in [0.4, 0.5) is 5.69 Å². The van der Waals surface area contributed by atoms with E-state index < -0.39 is 0 Å². The highest BCUT2D eigenvalue weighted by Crippen LogP contribution is 2.25. The lowest BCUT2D eigenvalue weighted by Gasteiger charge is -2.26. The van der Waals surface area contributed by atoms with Gasteiger partial charge in [0.15, 0.2) is 0 Å². The van der Waals surface area contributed by atoms with Crippen LogP contribution in [0.5, 0.6) is 0 Å². The minimum absolute atomic E-state index is 0.0507. The summed E-state index contributed by atoms with van der Waals surface area (Å²) in [5.74, 6) is 0.0507. The minimum Gasteiger partial charge on any atom is -0.326 e. The number of hydrogen-bond donors (Lipinski definition) is 2. The van der Waals surface area contributed by atoms with Crippen LogP contribution in [0.25, 0.3) is 0 Å². The number of benzene rings is 2. The molecule has 3 heteroatoms. The number of aryl methyl sites for hydroxylation is 1. The van der Waals surface area contributed by atoms with E-state index in [1.165, 1.54) is 11.1 Å². The Balaban J connectivity index is 1.68. The second-order valence-corrected chi connectivity index (χ2v) is 5.58. The summed E-state index contributed by atoms with van der Waals surface area (Å²) in [6, 6.07) is 16.4. The van der Waals surface area contributed by atoms with Crippen LogP contribution in [0, 0.1) is 6.92 Å². The molecule has 108 valence electrons. The van der Waals surface area contributed by atoms with Crippen LogP contribution in [-0.4, -0.2) is 12.5 Å². The van der Waals surface area contributed by atoms with Crippen LogP contribution in [0.2, 0.25) is 0 Å². The third kappa shape index (κ3) is 3.31. The number of nitrogens with one attached hydrogen (secondary N) is 2. The zero-order valence-corrected chi connectivity index (χ0v) is 12.2. The molecule has 0 radical (unpaired) electrons. The first-order chi connectivity index (χ1) is 10.2. The van der Waals surface area contributed by atoms with E-state index >= 15 is 0 Å². The number of fused-ring (bicyclic) bond motifs is 1. The van der Waals surface area contributed by atoms with Crippen molar-refractivity contribution in [1.82, 2.24) is 5.32 Å². The van der Waals surface area contributed by atoms with Crippen molar-refractivity contribution in [2.45, 2.75) is 25.8 Å². The fourth-order valence-electron chi connectivity index (χ4n) is 2.90. The standard InChI is InChI=1S/C18H20N2O/c1-13-5-4-7-15(11-13)20-18(21)12-17-16-8-3-2-6-14(16)9-10-19-17/h2-8,11,17,19H,9-10,12H2,1H3,(H,20,21). The lowest BCUT2D eigenvalue weighted by atomic mass is 9.92. The molecule has 0 bridgehead atoms. The van der Waals surface area contributed by atoms with Crippen molar-refractivity contribution in [2.24, 2.45) is 0 Å². The molecule has 3 nitrogen and oxygen atoms in total. The maximum Gasteiger partial charge on any atom is 0.226 e. The van der Waals surface area contributed by atoms with E-state index in [1.54, 1.807) is 0 Å². The Morgan fingerprint density at radius 1 is 1.24 bits per heavy atom. The van der Waals surface area contributed by atoms with Gasteiger partial charge >= 0.3 is 0 Å². The second-order valence-electron chi connectivity index (χ2n) is 5.58. The molecule has 21 heavy (non-hydrogen) atoms. The number of amides is 1. The van der Waals surface area contributed by atoms with Crippen molar-refractivity contribution in [3.05, 3.63) is 65.2 Å². The van der Waals surface area contributed by atoms with Crippen molar-refractivity contribution in [3.63, 3.8) is 0 Å². The van der Waals surface area contributed by atoms with Gasteiger partial charge in [0.1, 0.15) is 0 Å². The van der Waals surface area contributed by atoms with Crippen molar-refractivity contribution >= 4 is 11.6 Å². The van der Waals surface area contributed by atoms with Crippen molar-refractivity contribution in [1.29, 1.82) is 0 Å². The minimum atomic E-state index is 0.0507. The average molecular weight is 280 g/mol. The van der Waals surface area contributed by atoms with Crippen LogP contribution in [0.15, 0.2) is 48.5 Å². The molecule has 3 rings (SSSR count). The molecule has 2 aromatic carbocycles. The third-order valence-electron chi connectivity index (χ3n) is 3.91. The van der Waals surface area contributed by atoms with Crippen LogP contribution >= 0.6 is 0 Å². The number of rotatable bonds is 3. The van der Waals surface area contributed by atoms with Crippen molar-refractivity contribution in [3.8, 4) is 0 Å². The highest BCUT2D eigenvalue weighted by atomic mass is 16.1. The van der Waals surface area contributed by atoms with E-state index in [2.05, 4.69) is 28.8 Å². The molecule has 1 aliphatic rings. The molecule has 1 atom stereocenters. The normalized spacial score (nSPS) is 17.1. The summed E-state index contributed by atoms with van der Waals surface area (Å²) in [5.41, 5.74) is 4.62. The Morgan fingerprint density at radius 2 is 2.10 bits per heavy atom. The number of carbonyl (C=O) groups is 1. The fourth-order valence-corrected chi connectivity index (χ4v) is 2.90. The molecular formula is C18H20N2O. The first-order valence-corrected chi connectivity index (χ1v) is 7.40. The maximum atomic E-state index is 12.3. The van der Waals surface area contributed by atoms with Crippen LogP contribution in [0.1, 0.15) is 29.2 Å². The molecule has 1 amide bonds. The van der Waals surface area contributed by atoms with Gasteiger partial charge in [-0.25, -0.2) is 0 Å². The Morgan fingerprint density at radius 3 is 2.95 bits per heavy atom. The Bertz CT molecular complexity index is 651.